The number of rotatable bonds is 3. The van der Waals surface area contributed by atoms with Crippen LogP contribution in [0.15, 0.2) is 11.6 Å². The van der Waals surface area contributed by atoms with Crippen LogP contribution in [0.25, 0.3) is 0 Å². The van der Waals surface area contributed by atoms with Gasteiger partial charge in [0.2, 0.25) is 0 Å². The average Bonchev–Trinajstić information content (AvgIpc) is 1.87. The maximum absolute atomic E-state index is 8.83. The fraction of sp³-hybridized carbons (Fsp3) is 0.778. The molecule has 0 unspecified atom stereocenters. The maximum atomic E-state index is 8.83. The molecule has 10 heavy (non-hydrogen) atoms. The molecule has 0 heterocycles. The molecule has 0 amide bonds. The van der Waals surface area contributed by atoms with Crippen LogP contribution in [0.1, 0.15) is 32.6 Å². The van der Waals surface area contributed by atoms with Crippen LogP contribution in [0.4, 0.5) is 0 Å². The molecule has 1 saturated carbocycles. The van der Waals surface area contributed by atoms with E-state index in [1.165, 1.54) is 24.8 Å². The van der Waals surface area contributed by atoms with E-state index in [1.54, 1.807) is 0 Å². The van der Waals surface area contributed by atoms with E-state index >= 15 is 0 Å². The van der Waals surface area contributed by atoms with Crippen LogP contribution in [0.3, 0.4) is 0 Å². The lowest BCUT2D eigenvalue weighted by Gasteiger charge is -2.22. The number of allylic oxidation sites excluding steroid dienone is 1. The quantitative estimate of drug-likeness (QED) is 0.595. The van der Waals surface area contributed by atoms with Crippen molar-refractivity contribution < 1.29 is 5.11 Å². The molecule has 1 aliphatic rings. The first kappa shape index (κ1) is 7.80. The van der Waals surface area contributed by atoms with Crippen molar-refractivity contribution in [3.05, 3.63) is 11.6 Å². The lowest BCUT2D eigenvalue weighted by Crippen LogP contribution is -2.09. The summed E-state index contributed by atoms with van der Waals surface area (Å²) in [6, 6.07) is 0. The minimum Gasteiger partial charge on any atom is -0.392 e. The fourth-order valence-electron chi connectivity index (χ4n) is 1.22. The van der Waals surface area contributed by atoms with Crippen molar-refractivity contribution in [3.63, 3.8) is 0 Å². The highest BCUT2D eigenvalue weighted by molar-refractivity contribution is 5.05. The summed E-state index contributed by atoms with van der Waals surface area (Å²) in [7, 11) is 0. The molecule has 0 saturated heterocycles. The lowest BCUT2D eigenvalue weighted by molar-refractivity contribution is 0.320. The minimum atomic E-state index is 0.257. The van der Waals surface area contributed by atoms with E-state index < -0.39 is 0 Å². The van der Waals surface area contributed by atoms with Gasteiger partial charge in [-0.15, -0.1) is 0 Å². The van der Waals surface area contributed by atoms with Gasteiger partial charge in [-0.2, -0.15) is 0 Å². The van der Waals surface area contributed by atoms with Crippen molar-refractivity contribution in [3.8, 4) is 0 Å². The van der Waals surface area contributed by atoms with Crippen LogP contribution in [-0.4, -0.2) is 11.7 Å². The van der Waals surface area contributed by atoms with Crippen LogP contribution < -0.4 is 0 Å². The van der Waals surface area contributed by atoms with Crippen molar-refractivity contribution in [2.45, 2.75) is 32.6 Å². The first-order valence-corrected chi connectivity index (χ1v) is 4.17. The van der Waals surface area contributed by atoms with Gasteiger partial charge in [-0.25, -0.2) is 0 Å². The third-order valence-corrected chi connectivity index (χ3v) is 2.28. The van der Waals surface area contributed by atoms with Gasteiger partial charge < -0.3 is 5.11 Å². The SMILES string of the molecule is CCC(=CC1CCC1)CO. The predicted molar refractivity (Wildman–Crippen MR) is 42.8 cm³/mol. The van der Waals surface area contributed by atoms with E-state index in [2.05, 4.69) is 13.0 Å². The zero-order chi connectivity index (χ0) is 7.40. The van der Waals surface area contributed by atoms with Gasteiger partial charge >= 0.3 is 0 Å². The molecule has 1 nitrogen and oxygen atoms in total. The Balaban J connectivity index is 2.33. The molecule has 0 aromatic carbocycles. The van der Waals surface area contributed by atoms with Crippen molar-refractivity contribution in [2.24, 2.45) is 5.92 Å². The molecule has 0 atom stereocenters. The molecule has 0 aliphatic heterocycles. The average molecular weight is 140 g/mol. The summed E-state index contributed by atoms with van der Waals surface area (Å²) in [5, 5.41) is 8.83. The first-order valence-electron chi connectivity index (χ1n) is 4.17. The van der Waals surface area contributed by atoms with Crippen LogP contribution >= 0.6 is 0 Å². The molecule has 1 fully saturated rings. The summed E-state index contributed by atoms with van der Waals surface area (Å²) in [6.45, 7) is 2.35. The Kier molecular flexibility index (Phi) is 2.94. The number of hydrogen-bond acceptors (Lipinski definition) is 1. The lowest BCUT2D eigenvalue weighted by atomic mass is 9.84. The van der Waals surface area contributed by atoms with E-state index in [4.69, 9.17) is 5.11 Å². The normalized spacial score (nSPS) is 20.8. The second-order valence-corrected chi connectivity index (χ2v) is 3.03. The van der Waals surface area contributed by atoms with Crippen molar-refractivity contribution in [1.29, 1.82) is 0 Å². The molecule has 58 valence electrons. The number of hydrogen-bond donors (Lipinski definition) is 1. The molecule has 0 spiro atoms. The van der Waals surface area contributed by atoms with Gasteiger partial charge in [0.15, 0.2) is 0 Å². The van der Waals surface area contributed by atoms with Crippen molar-refractivity contribution in [2.75, 3.05) is 6.61 Å². The van der Waals surface area contributed by atoms with Crippen LogP contribution in [0.2, 0.25) is 0 Å². The second kappa shape index (κ2) is 3.77. The van der Waals surface area contributed by atoms with E-state index in [1.807, 2.05) is 0 Å². The Labute approximate surface area is 62.8 Å². The molecule has 1 heteroatoms. The zero-order valence-corrected chi connectivity index (χ0v) is 6.64. The summed E-state index contributed by atoms with van der Waals surface area (Å²) >= 11 is 0. The standard InChI is InChI=1S/C9H16O/c1-2-8(7-10)6-9-4-3-5-9/h6,9-10H,2-5,7H2,1H3. The van der Waals surface area contributed by atoms with Crippen molar-refractivity contribution in [1.82, 2.24) is 0 Å². The molecule has 1 N–H and O–H groups in total. The Morgan fingerprint density at radius 2 is 2.30 bits per heavy atom. The summed E-state index contributed by atoms with van der Waals surface area (Å²) in [6.07, 6.45) is 7.31. The van der Waals surface area contributed by atoms with E-state index in [0.717, 1.165) is 12.3 Å². The first-order chi connectivity index (χ1) is 4.86. The Bertz CT molecular complexity index is 117. The molecule has 0 bridgehead atoms. The Morgan fingerprint density at radius 3 is 2.60 bits per heavy atom. The minimum absolute atomic E-state index is 0.257. The smallest absolute Gasteiger partial charge is 0.0641 e. The highest BCUT2D eigenvalue weighted by atomic mass is 16.3. The molecule has 0 aromatic rings. The Hall–Kier alpha value is -0.300. The maximum Gasteiger partial charge on any atom is 0.0641 e. The molecule has 1 rings (SSSR count). The topological polar surface area (TPSA) is 20.2 Å². The molecular formula is C9H16O. The summed E-state index contributed by atoms with van der Waals surface area (Å²) in [5.74, 6) is 0.794. The van der Waals surface area contributed by atoms with Gasteiger partial charge in [0, 0.05) is 0 Å². The van der Waals surface area contributed by atoms with Gasteiger partial charge in [-0.3, -0.25) is 0 Å². The molecular weight excluding hydrogens is 124 g/mol. The monoisotopic (exact) mass is 140 g/mol. The van der Waals surface area contributed by atoms with Gasteiger partial charge in [-0.05, 0) is 30.8 Å². The fourth-order valence-corrected chi connectivity index (χ4v) is 1.22. The van der Waals surface area contributed by atoms with Crippen molar-refractivity contribution >= 4 is 0 Å². The van der Waals surface area contributed by atoms with Gasteiger partial charge in [0.05, 0.1) is 6.61 Å². The highest BCUT2D eigenvalue weighted by Crippen LogP contribution is 2.28. The Morgan fingerprint density at radius 1 is 1.60 bits per heavy atom. The predicted octanol–water partition coefficient (Wildman–Crippen LogP) is 2.12. The largest absolute Gasteiger partial charge is 0.392 e. The van der Waals surface area contributed by atoms with Gasteiger partial charge in [-0.1, -0.05) is 19.4 Å². The number of aliphatic hydroxyl groups excluding tert-OH is 1. The van der Waals surface area contributed by atoms with E-state index in [0.29, 0.717) is 0 Å². The van der Waals surface area contributed by atoms with Gasteiger partial charge in [0.25, 0.3) is 0 Å². The summed E-state index contributed by atoms with van der Waals surface area (Å²) in [5.41, 5.74) is 1.21. The third kappa shape index (κ3) is 1.84. The zero-order valence-electron chi connectivity index (χ0n) is 6.64. The van der Waals surface area contributed by atoms with Crippen LogP contribution in [0.5, 0.6) is 0 Å². The summed E-state index contributed by atoms with van der Waals surface area (Å²) in [4.78, 5) is 0. The molecule has 0 aromatic heterocycles. The van der Waals surface area contributed by atoms with Crippen LogP contribution in [0, 0.1) is 5.92 Å². The van der Waals surface area contributed by atoms with Crippen LogP contribution in [-0.2, 0) is 0 Å². The highest BCUT2D eigenvalue weighted by Gasteiger charge is 2.14. The van der Waals surface area contributed by atoms with Gasteiger partial charge in [0.1, 0.15) is 0 Å². The van der Waals surface area contributed by atoms with E-state index in [-0.39, 0.29) is 6.61 Å². The third-order valence-electron chi connectivity index (χ3n) is 2.28. The molecule has 1 aliphatic carbocycles. The van der Waals surface area contributed by atoms with E-state index in [9.17, 15) is 0 Å². The molecule has 0 radical (unpaired) electrons. The summed E-state index contributed by atoms with van der Waals surface area (Å²) < 4.78 is 0. The number of aliphatic hydroxyl groups is 1. The second-order valence-electron chi connectivity index (χ2n) is 3.03.